The van der Waals surface area contributed by atoms with Crippen LogP contribution in [-0.2, 0) is 4.79 Å². The highest BCUT2D eigenvalue weighted by atomic mass is 19.1. The summed E-state index contributed by atoms with van der Waals surface area (Å²) in [6.07, 6.45) is 0.489. The van der Waals surface area contributed by atoms with Crippen LogP contribution in [-0.4, -0.2) is 43.5 Å². The van der Waals surface area contributed by atoms with Crippen LogP contribution in [0.5, 0.6) is 0 Å². The van der Waals surface area contributed by atoms with Crippen LogP contribution >= 0.6 is 0 Å². The Kier molecular flexibility index (Phi) is 6.55. The van der Waals surface area contributed by atoms with Gasteiger partial charge in [-0.2, -0.15) is 0 Å². The minimum Gasteiger partial charge on any atom is -0.384 e. The number of benzene rings is 2. The fourth-order valence-electron chi connectivity index (χ4n) is 3.73. The molecular weight excluding hydrogens is 353 g/mol. The van der Waals surface area contributed by atoms with E-state index in [-0.39, 0.29) is 11.7 Å². The van der Waals surface area contributed by atoms with Gasteiger partial charge in [-0.15, -0.1) is 0 Å². The number of aryl methyl sites for hydroxylation is 1. The number of halogens is 1. The summed E-state index contributed by atoms with van der Waals surface area (Å²) in [6.45, 7) is 10.1. The number of hydrogen-bond donors (Lipinski definition) is 1. The summed E-state index contributed by atoms with van der Waals surface area (Å²) in [6, 6.07) is 12.9. The van der Waals surface area contributed by atoms with Gasteiger partial charge in [0.1, 0.15) is 5.82 Å². The van der Waals surface area contributed by atoms with Crippen molar-refractivity contribution in [3.8, 4) is 0 Å². The zero-order valence-electron chi connectivity index (χ0n) is 17.0. The maximum atomic E-state index is 13.1. The predicted molar refractivity (Wildman–Crippen MR) is 114 cm³/mol. The smallest absolute Gasteiger partial charge is 0.224 e. The van der Waals surface area contributed by atoms with E-state index in [1.165, 1.54) is 23.3 Å². The van der Waals surface area contributed by atoms with E-state index < -0.39 is 0 Å². The van der Waals surface area contributed by atoms with E-state index in [0.717, 1.165) is 24.5 Å². The minimum absolute atomic E-state index is 0.186. The van der Waals surface area contributed by atoms with Crippen LogP contribution in [0.1, 0.15) is 37.3 Å². The lowest BCUT2D eigenvalue weighted by Gasteiger charge is -2.36. The summed E-state index contributed by atoms with van der Waals surface area (Å²) in [5.41, 5.74) is 4.68. The Bertz CT molecular complexity index is 796. The van der Waals surface area contributed by atoms with Crippen molar-refractivity contribution in [1.29, 1.82) is 0 Å². The molecule has 5 heteroatoms. The van der Waals surface area contributed by atoms with Gasteiger partial charge in [0.05, 0.1) is 0 Å². The van der Waals surface area contributed by atoms with Crippen molar-refractivity contribution in [1.82, 2.24) is 4.90 Å². The van der Waals surface area contributed by atoms with E-state index >= 15 is 0 Å². The average Bonchev–Trinajstić information content (AvgIpc) is 2.69. The number of carbonyl (C=O) groups is 1. The highest BCUT2D eigenvalue weighted by Crippen LogP contribution is 2.27. The molecule has 3 rings (SSSR count). The summed E-state index contributed by atoms with van der Waals surface area (Å²) >= 11 is 0. The highest BCUT2D eigenvalue weighted by Gasteiger charge is 2.21. The summed E-state index contributed by atoms with van der Waals surface area (Å²) in [5.74, 6) is 0.405. The Labute approximate surface area is 167 Å². The molecule has 0 saturated carbocycles. The fourth-order valence-corrected chi connectivity index (χ4v) is 3.73. The third-order valence-electron chi connectivity index (χ3n) is 5.39. The maximum Gasteiger partial charge on any atom is 0.224 e. The fraction of sp³-hybridized carbons (Fsp3) is 0.435. The third kappa shape index (κ3) is 4.83. The number of carbonyl (C=O) groups excluding carboxylic acids is 1. The molecule has 28 heavy (non-hydrogen) atoms. The van der Waals surface area contributed by atoms with Gasteiger partial charge in [-0.1, -0.05) is 32.0 Å². The largest absolute Gasteiger partial charge is 0.384 e. The van der Waals surface area contributed by atoms with Gasteiger partial charge in [-0.05, 0) is 48.2 Å². The molecule has 1 aliphatic rings. The Morgan fingerprint density at radius 3 is 2.39 bits per heavy atom. The third-order valence-corrected chi connectivity index (χ3v) is 5.39. The number of nitrogens with zero attached hydrogens (tertiary/aromatic N) is 2. The lowest BCUT2D eigenvalue weighted by Crippen LogP contribution is -2.49. The summed E-state index contributed by atoms with van der Waals surface area (Å²) < 4.78 is 13.1. The molecular formula is C23H30FN3O. The van der Waals surface area contributed by atoms with Crippen LogP contribution < -0.4 is 10.2 Å². The Balaban J connectivity index is 1.48. The van der Waals surface area contributed by atoms with Gasteiger partial charge in [0, 0.05) is 50.5 Å². The quantitative estimate of drug-likeness (QED) is 0.803. The van der Waals surface area contributed by atoms with Crippen LogP contribution in [0.4, 0.5) is 15.8 Å². The van der Waals surface area contributed by atoms with E-state index in [1.807, 2.05) is 4.90 Å². The SMILES string of the molecule is Cc1cccc(C(C)C)c1NCCC(=O)N1CCN(c2ccc(F)cc2)CC1. The average molecular weight is 384 g/mol. The number of anilines is 2. The van der Waals surface area contributed by atoms with E-state index in [4.69, 9.17) is 0 Å². The van der Waals surface area contributed by atoms with E-state index in [0.29, 0.717) is 32.0 Å². The van der Waals surface area contributed by atoms with Crippen molar-refractivity contribution in [3.05, 3.63) is 59.4 Å². The molecule has 0 atom stereocenters. The van der Waals surface area contributed by atoms with E-state index in [9.17, 15) is 9.18 Å². The molecule has 1 N–H and O–H groups in total. The molecule has 150 valence electrons. The topological polar surface area (TPSA) is 35.6 Å². The molecule has 1 fully saturated rings. The van der Waals surface area contributed by atoms with Gasteiger partial charge >= 0.3 is 0 Å². The van der Waals surface area contributed by atoms with Gasteiger partial charge in [0.2, 0.25) is 5.91 Å². The van der Waals surface area contributed by atoms with Crippen molar-refractivity contribution >= 4 is 17.3 Å². The molecule has 2 aromatic rings. The van der Waals surface area contributed by atoms with Gasteiger partial charge in [-0.25, -0.2) is 4.39 Å². The highest BCUT2D eigenvalue weighted by molar-refractivity contribution is 5.77. The molecule has 4 nitrogen and oxygen atoms in total. The first-order valence-electron chi connectivity index (χ1n) is 10.1. The number of rotatable bonds is 6. The molecule has 1 aliphatic heterocycles. The number of para-hydroxylation sites is 1. The van der Waals surface area contributed by atoms with Crippen molar-refractivity contribution in [2.45, 2.75) is 33.1 Å². The van der Waals surface area contributed by atoms with Crippen molar-refractivity contribution in [2.75, 3.05) is 42.9 Å². The summed E-state index contributed by atoms with van der Waals surface area (Å²) in [4.78, 5) is 16.7. The second kappa shape index (κ2) is 9.09. The predicted octanol–water partition coefficient (Wildman–Crippen LogP) is 4.41. The minimum atomic E-state index is -0.223. The van der Waals surface area contributed by atoms with Crippen molar-refractivity contribution in [3.63, 3.8) is 0 Å². The number of nitrogens with one attached hydrogen (secondary N) is 1. The molecule has 0 aliphatic carbocycles. The van der Waals surface area contributed by atoms with E-state index in [1.54, 1.807) is 12.1 Å². The molecule has 0 spiro atoms. The second-order valence-electron chi connectivity index (χ2n) is 7.71. The van der Waals surface area contributed by atoms with Crippen LogP contribution in [0.2, 0.25) is 0 Å². The first-order valence-corrected chi connectivity index (χ1v) is 10.1. The zero-order valence-corrected chi connectivity index (χ0v) is 17.0. The Hall–Kier alpha value is -2.56. The molecule has 1 amide bonds. The van der Waals surface area contributed by atoms with Crippen molar-refractivity contribution < 1.29 is 9.18 Å². The number of piperazine rings is 1. The lowest BCUT2D eigenvalue weighted by atomic mass is 9.98. The summed E-state index contributed by atoms with van der Waals surface area (Å²) in [5, 5.41) is 3.48. The maximum absolute atomic E-state index is 13.1. The number of amides is 1. The molecule has 1 saturated heterocycles. The van der Waals surface area contributed by atoms with Crippen LogP contribution in [0.15, 0.2) is 42.5 Å². The monoisotopic (exact) mass is 383 g/mol. The molecule has 0 bridgehead atoms. The van der Waals surface area contributed by atoms with Crippen LogP contribution in [0, 0.1) is 12.7 Å². The first-order chi connectivity index (χ1) is 13.5. The van der Waals surface area contributed by atoms with Gasteiger partial charge in [-0.3, -0.25) is 4.79 Å². The Morgan fingerprint density at radius 1 is 1.07 bits per heavy atom. The van der Waals surface area contributed by atoms with Crippen LogP contribution in [0.3, 0.4) is 0 Å². The van der Waals surface area contributed by atoms with E-state index in [2.05, 4.69) is 49.2 Å². The Morgan fingerprint density at radius 2 is 1.75 bits per heavy atom. The number of hydrogen-bond acceptors (Lipinski definition) is 3. The zero-order chi connectivity index (χ0) is 20.1. The first kappa shape index (κ1) is 20.2. The summed E-state index contributed by atoms with van der Waals surface area (Å²) in [7, 11) is 0. The van der Waals surface area contributed by atoms with Crippen molar-refractivity contribution in [2.24, 2.45) is 0 Å². The molecule has 0 unspecified atom stereocenters. The lowest BCUT2D eigenvalue weighted by molar-refractivity contribution is -0.131. The van der Waals surface area contributed by atoms with Gasteiger partial charge in [0.25, 0.3) is 0 Å². The standard InChI is InChI=1S/C23H30FN3O/c1-17(2)21-6-4-5-18(3)23(21)25-12-11-22(28)27-15-13-26(14-16-27)20-9-7-19(24)8-10-20/h4-10,17,25H,11-16H2,1-3H3. The normalized spacial score (nSPS) is 14.5. The van der Waals surface area contributed by atoms with Gasteiger partial charge < -0.3 is 15.1 Å². The van der Waals surface area contributed by atoms with Crippen LogP contribution in [0.25, 0.3) is 0 Å². The van der Waals surface area contributed by atoms with Gasteiger partial charge in [0.15, 0.2) is 0 Å². The molecule has 0 radical (unpaired) electrons. The molecule has 1 heterocycles. The second-order valence-corrected chi connectivity index (χ2v) is 7.71. The molecule has 2 aromatic carbocycles. The molecule has 0 aromatic heterocycles.